The Bertz CT molecular complexity index is 936. The summed E-state index contributed by atoms with van der Waals surface area (Å²) >= 11 is 1.49. The van der Waals surface area contributed by atoms with Gasteiger partial charge in [0, 0.05) is 6.42 Å². The fraction of sp³-hybridized carbons (Fsp3) is 0.348. The Morgan fingerprint density at radius 1 is 0.848 bits per heavy atom. The van der Waals surface area contributed by atoms with Crippen molar-refractivity contribution in [2.45, 2.75) is 37.4 Å². The minimum absolute atomic E-state index is 0.0188. The number of rotatable bonds is 12. The molecule has 0 aliphatic rings. The van der Waals surface area contributed by atoms with Crippen molar-refractivity contribution in [1.29, 1.82) is 0 Å². The van der Waals surface area contributed by atoms with Crippen LogP contribution in [0.2, 0.25) is 0 Å². The van der Waals surface area contributed by atoms with E-state index in [0.717, 1.165) is 5.56 Å². The van der Waals surface area contributed by atoms with Crippen molar-refractivity contribution >= 4 is 29.5 Å². The first-order chi connectivity index (χ1) is 15.7. The molecule has 9 nitrogen and oxygen atoms in total. The van der Waals surface area contributed by atoms with Gasteiger partial charge >= 0.3 is 5.97 Å². The quantitative estimate of drug-likeness (QED) is 0.265. The monoisotopic (exact) mass is 475 g/mol. The van der Waals surface area contributed by atoms with Crippen LogP contribution in [0, 0.1) is 0 Å². The summed E-state index contributed by atoms with van der Waals surface area (Å²) in [6.45, 7) is 0. The maximum absolute atomic E-state index is 12.9. The number of nitrogens with one attached hydrogen (secondary N) is 2. The van der Waals surface area contributed by atoms with Crippen molar-refractivity contribution < 1.29 is 29.7 Å². The summed E-state index contributed by atoms with van der Waals surface area (Å²) in [6, 6.07) is 9.25. The Labute approximate surface area is 196 Å². The van der Waals surface area contributed by atoms with Gasteiger partial charge in [-0.25, -0.2) is 4.79 Å². The molecular weight excluding hydrogens is 446 g/mol. The topological polar surface area (TPSA) is 162 Å². The number of amides is 2. The lowest BCUT2D eigenvalue weighted by Gasteiger charge is -2.23. The molecule has 0 aliphatic heterocycles. The first kappa shape index (κ1) is 26.0. The predicted molar refractivity (Wildman–Crippen MR) is 126 cm³/mol. The summed E-state index contributed by atoms with van der Waals surface area (Å²) in [7, 11) is 0. The first-order valence-corrected chi connectivity index (χ1v) is 11.7. The van der Waals surface area contributed by atoms with Gasteiger partial charge in [0.15, 0.2) is 0 Å². The van der Waals surface area contributed by atoms with E-state index < -0.39 is 35.9 Å². The van der Waals surface area contributed by atoms with E-state index in [-0.39, 0.29) is 24.3 Å². The second-order valence-electron chi connectivity index (χ2n) is 7.59. The second-order valence-corrected chi connectivity index (χ2v) is 8.58. The van der Waals surface area contributed by atoms with E-state index in [2.05, 4.69) is 10.6 Å². The van der Waals surface area contributed by atoms with Crippen molar-refractivity contribution in [1.82, 2.24) is 10.6 Å². The number of thioether (sulfide) groups is 1. The van der Waals surface area contributed by atoms with Gasteiger partial charge in [0.2, 0.25) is 11.8 Å². The second kappa shape index (κ2) is 12.7. The summed E-state index contributed by atoms with van der Waals surface area (Å²) in [5.74, 6) is -1.63. The van der Waals surface area contributed by atoms with Crippen LogP contribution >= 0.6 is 11.8 Å². The van der Waals surface area contributed by atoms with Gasteiger partial charge in [0.05, 0.1) is 6.04 Å². The molecule has 0 radical (unpaired) electrons. The van der Waals surface area contributed by atoms with Gasteiger partial charge in [-0.3, -0.25) is 9.59 Å². The van der Waals surface area contributed by atoms with Crippen LogP contribution in [-0.4, -0.2) is 63.2 Å². The third-order valence-electron chi connectivity index (χ3n) is 4.96. The third kappa shape index (κ3) is 8.66. The number of carboxylic acids is 1. The lowest BCUT2D eigenvalue weighted by atomic mass is 10.0. The zero-order valence-electron chi connectivity index (χ0n) is 18.2. The number of carbonyl (C=O) groups excluding carboxylic acids is 2. The van der Waals surface area contributed by atoms with Gasteiger partial charge in [-0.1, -0.05) is 24.3 Å². The molecule has 0 fully saturated rings. The smallest absolute Gasteiger partial charge is 0.326 e. The van der Waals surface area contributed by atoms with Gasteiger partial charge in [-0.2, -0.15) is 11.8 Å². The Balaban J connectivity index is 2.03. The molecule has 0 bridgehead atoms. The number of hydrogen-bond acceptors (Lipinski definition) is 7. The van der Waals surface area contributed by atoms with Crippen LogP contribution in [0.5, 0.6) is 11.5 Å². The highest BCUT2D eigenvalue weighted by atomic mass is 32.2. The van der Waals surface area contributed by atoms with E-state index in [1.54, 1.807) is 24.3 Å². The van der Waals surface area contributed by atoms with Gasteiger partial charge in [0.25, 0.3) is 0 Å². The molecule has 178 valence electrons. The maximum atomic E-state index is 12.9. The maximum Gasteiger partial charge on any atom is 0.326 e. The van der Waals surface area contributed by atoms with Crippen molar-refractivity contribution in [3.05, 3.63) is 59.7 Å². The van der Waals surface area contributed by atoms with Crippen LogP contribution in [0.25, 0.3) is 0 Å². The zero-order chi connectivity index (χ0) is 24.4. The predicted octanol–water partition coefficient (Wildman–Crippen LogP) is 1.02. The SMILES string of the molecule is CSCC[C@H](NC(=O)[C@@H](N)Cc1ccc(O)cc1)C(=O)N[C@@H](Cc1ccc(O)cc1)C(=O)O. The van der Waals surface area contributed by atoms with Crippen molar-refractivity contribution in [2.24, 2.45) is 5.73 Å². The van der Waals surface area contributed by atoms with E-state index in [1.165, 1.54) is 36.0 Å². The largest absolute Gasteiger partial charge is 0.508 e. The summed E-state index contributed by atoms with van der Waals surface area (Å²) < 4.78 is 0. The van der Waals surface area contributed by atoms with Gasteiger partial charge in [-0.15, -0.1) is 0 Å². The number of aromatic hydroxyl groups is 2. The molecule has 10 heteroatoms. The normalized spacial score (nSPS) is 13.5. The molecule has 7 N–H and O–H groups in total. The number of nitrogens with two attached hydrogens (primary N) is 1. The highest BCUT2D eigenvalue weighted by Crippen LogP contribution is 2.13. The van der Waals surface area contributed by atoms with Crippen LogP contribution in [0.4, 0.5) is 0 Å². The number of carbonyl (C=O) groups is 3. The molecule has 0 aliphatic carbocycles. The first-order valence-electron chi connectivity index (χ1n) is 10.3. The number of benzene rings is 2. The summed E-state index contributed by atoms with van der Waals surface area (Å²) in [5, 5.41) is 33.4. The molecule has 2 amide bonds. The average Bonchev–Trinajstić information content (AvgIpc) is 2.78. The number of aliphatic carboxylic acids is 1. The van der Waals surface area contributed by atoms with Gasteiger partial charge in [-0.05, 0) is 60.2 Å². The standard InChI is InChI=1S/C23H29N3O6S/c1-33-11-10-19(25-21(29)18(24)12-14-2-6-16(27)7-3-14)22(30)26-20(23(31)32)13-15-4-8-17(28)9-5-15/h2-9,18-20,27-28H,10-13,24H2,1H3,(H,25,29)(H,26,30)(H,31,32)/t18-,19-,20-/m0/s1. The third-order valence-corrected chi connectivity index (χ3v) is 5.61. The van der Waals surface area contributed by atoms with Gasteiger partial charge in [0.1, 0.15) is 23.6 Å². The summed E-state index contributed by atoms with van der Waals surface area (Å²) in [4.78, 5) is 37.2. The van der Waals surface area contributed by atoms with Crippen LogP contribution in [0.3, 0.4) is 0 Å². The molecule has 2 aromatic carbocycles. The van der Waals surface area contributed by atoms with E-state index in [1.807, 2.05) is 6.26 Å². The Morgan fingerprint density at radius 2 is 1.33 bits per heavy atom. The minimum Gasteiger partial charge on any atom is -0.508 e. The fourth-order valence-corrected chi connectivity index (χ4v) is 3.57. The average molecular weight is 476 g/mol. The molecule has 0 aromatic heterocycles. The summed E-state index contributed by atoms with van der Waals surface area (Å²) in [6.07, 6.45) is 2.39. The number of phenols is 2. The van der Waals surface area contributed by atoms with Gasteiger partial charge < -0.3 is 31.7 Å². The Morgan fingerprint density at radius 3 is 1.82 bits per heavy atom. The molecule has 2 aromatic rings. The van der Waals surface area contributed by atoms with Crippen LogP contribution < -0.4 is 16.4 Å². The molecule has 0 heterocycles. The van der Waals surface area contributed by atoms with Crippen molar-refractivity contribution in [3.63, 3.8) is 0 Å². The molecule has 2 rings (SSSR count). The molecule has 3 atom stereocenters. The van der Waals surface area contributed by atoms with E-state index in [0.29, 0.717) is 17.7 Å². The number of hydrogen-bond donors (Lipinski definition) is 6. The van der Waals surface area contributed by atoms with Crippen LogP contribution in [0.15, 0.2) is 48.5 Å². The Hall–Kier alpha value is -3.24. The molecular formula is C23H29N3O6S. The van der Waals surface area contributed by atoms with Crippen molar-refractivity contribution in [2.75, 3.05) is 12.0 Å². The number of carboxylic acid groups (broad SMARTS) is 1. The molecule has 0 unspecified atom stereocenters. The lowest BCUT2D eigenvalue weighted by molar-refractivity contribution is -0.142. The highest BCUT2D eigenvalue weighted by molar-refractivity contribution is 7.98. The minimum atomic E-state index is -1.21. The zero-order valence-corrected chi connectivity index (χ0v) is 19.0. The van der Waals surface area contributed by atoms with E-state index in [9.17, 15) is 29.7 Å². The van der Waals surface area contributed by atoms with Crippen LogP contribution in [-0.2, 0) is 27.2 Å². The lowest BCUT2D eigenvalue weighted by Crippen LogP contribution is -2.55. The molecule has 0 saturated carbocycles. The van der Waals surface area contributed by atoms with E-state index >= 15 is 0 Å². The van der Waals surface area contributed by atoms with E-state index in [4.69, 9.17) is 5.73 Å². The van der Waals surface area contributed by atoms with Crippen molar-refractivity contribution in [3.8, 4) is 11.5 Å². The van der Waals surface area contributed by atoms with Crippen LogP contribution in [0.1, 0.15) is 17.5 Å². The molecule has 0 spiro atoms. The number of phenolic OH excluding ortho intramolecular Hbond substituents is 2. The fourth-order valence-electron chi connectivity index (χ4n) is 3.10. The highest BCUT2D eigenvalue weighted by Gasteiger charge is 2.28. The summed E-state index contributed by atoms with van der Waals surface area (Å²) in [5.41, 5.74) is 7.38. The molecule has 33 heavy (non-hydrogen) atoms. The Kier molecular flexibility index (Phi) is 10.0. The molecule has 0 saturated heterocycles.